The van der Waals surface area contributed by atoms with Gasteiger partial charge in [-0.1, -0.05) is 86.0 Å². The van der Waals surface area contributed by atoms with Gasteiger partial charge in [0.2, 0.25) is 0 Å². The van der Waals surface area contributed by atoms with Gasteiger partial charge in [-0.2, -0.15) is 0 Å². The maximum absolute atomic E-state index is 12.6. The summed E-state index contributed by atoms with van der Waals surface area (Å²) in [5, 5.41) is 0. The zero-order valence-electron chi connectivity index (χ0n) is 20.0. The Labute approximate surface area is 179 Å². The molecule has 0 N–H and O–H groups in total. The van der Waals surface area contributed by atoms with Gasteiger partial charge in [-0.3, -0.25) is 4.90 Å². The van der Waals surface area contributed by atoms with E-state index in [9.17, 15) is 9.59 Å². The predicted octanol–water partition coefficient (Wildman–Crippen LogP) is 6.59. The van der Waals surface area contributed by atoms with Crippen molar-refractivity contribution in [3.63, 3.8) is 0 Å². The summed E-state index contributed by atoms with van der Waals surface area (Å²) in [5.41, 5.74) is 0. The number of rotatable bonds is 17. The van der Waals surface area contributed by atoms with Crippen LogP contribution in [-0.2, 0) is 14.3 Å². The summed E-state index contributed by atoms with van der Waals surface area (Å²) >= 11 is 0. The van der Waals surface area contributed by atoms with E-state index in [2.05, 4.69) is 20.8 Å². The molecule has 0 bridgehead atoms. The Hall–Kier alpha value is -1.26. The Morgan fingerprint density at radius 3 is 2.07 bits per heavy atom. The maximum Gasteiger partial charge on any atom is 0.410 e. The van der Waals surface area contributed by atoms with E-state index in [-0.39, 0.29) is 11.9 Å². The van der Waals surface area contributed by atoms with Crippen molar-refractivity contribution in [2.24, 2.45) is 11.8 Å². The van der Waals surface area contributed by atoms with E-state index in [1.807, 2.05) is 13.8 Å². The van der Waals surface area contributed by atoms with Crippen molar-refractivity contribution in [1.82, 2.24) is 4.90 Å². The maximum atomic E-state index is 12.6. The van der Waals surface area contributed by atoms with Crippen LogP contribution in [0.25, 0.3) is 0 Å². The molecule has 0 saturated heterocycles. The first kappa shape index (κ1) is 27.7. The molecule has 0 aliphatic rings. The molecule has 0 aromatic heterocycles. The van der Waals surface area contributed by atoms with Gasteiger partial charge >= 0.3 is 12.1 Å². The first-order chi connectivity index (χ1) is 13.9. The molecule has 2 unspecified atom stereocenters. The Morgan fingerprint density at radius 1 is 0.862 bits per heavy atom. The Balaban J connectivity index is 4.52. The number of ether oxygens (including phenoxy) is 2. The molecular formula is C24H47NO4. The van der Waals surface area contributed by atoms with Crippen LogP contribution in [0.4, 0.5) is 4.79 Å². The number of carbonyl (C=O) groups excluding carboxylic acids is 2. The van der Waals surface area contributed by atoms with Crippen molar-refractivity contribution in [3.8, 4) is 0 Å². The lowest BCUT2D eigenvalue weighted by atomic mass is 10.0. The van der Waals surface area contributed by atoms with Crippen LogP contribution in [0.1, 0.15) is 105 Å². The molecular weight excluding hydrogens is 366 g/mol. The number of hydrogen-bond acceptors (Lipinski definition) is 4. The fraction of sp³-hybridized carbons (Fsp3) is 0.917. The number of hydrogen-bond donors (Lipinski definition) is 0. The van der Waals surface area contributed by atoms with E-state index >= 15 is 0 Å². The fourth-order valence-corrected chi connectivity index (χ4v) is 3.33. The van der Waals surface area contributed by atoms with Crippen LogP contribution in [-0.4, -0.2) is 43.3 Å². The standard InChI is InChI=1S/C24H47NO4/c1-7-10-12-13-14-15-17-28-23(26)22(18-20(4)5)25(6)24(27)29-19-21(9-3)16-11-8-2/h20-22H,7-19H2,1-6H3. The Bertz CT molecular complexity index is 425. The summed E-state index contributed by atoms with van der Waals surface area (Å²) in [6.07, 6.45) is 11.4. The van der Waals surface area contributed by atoms with E-state index in [1.165, 1.54) is 30.6 Å². The Kier molecular flexibility index (Phi) is 16.8. The van der Waals surface area contributed by atoms with Gasteiger partial charge < -0.3 is 9.47 Å². The minimum atomic E-state index is -0.585. The van der Waals surface area contributed by atoms with Crippen LogP contribution >= 0.6 is 0 Å². The molecule has 29 heavy (non-hydrogen) atoms. The van der Waals surface area contributed by atoms with Crippen molar-refractivity contribution in [1.29, 1.82) is 0 Å². The van der Waals surface area contributed by atoms with E-state index in [4.69, 9.17) is 9.47 Å². The second kappa shape index (κ2) is 17.6. The van der Waals surface area contributed by atoms with Crippen molar-refractivity contribution in [2.45, 2.75) is 111 Å². The highest BCUT2D eigenvalue weighted by molar-refractivity contribution is 5.81. The minimum absolute atomic E-state index is 0.282. The normalized spacial score (nSPS) is 13.2. The molecule has 0 radical (unpaired) electrons. The van der Waals surface area contributed by atoms with Crippen molar-refractivity contribution < 1.29 is 19.1 Å². The minimum Gasteiger partial charge on any atom is -0.464 e. The number of esters is 1. The Morgan fingerprint density at radius 2 is 1.48 bits per heavy atom. The van der Waals surface area contributed by atoms with E-state index in [0.29, 0.717) is 25.6 Å². The third kappa shape index (κ3) is 13.6. The highest BCUT2D eigenvalue weighted by Gasteiger charge is 2.30. The zero-order valence-corrected chi connectivity index (χ0v) is 20.0. The van der Waals surface area contributed by atoms with Crippen LogP contribution in [0.2, 0.25) is 0 Å². The molecule has 1 amide bonds. The number of amides is 1. The van der Waals surface area contributed by atoms with Gasteiger partial charge in [-0.25, -0.2) is 9.59 Å². The van der Waals surface area contributed by atoms with Crippen LogP contribution in [0.3, 0.4) is 0 Å². The van der Waals surface area contributed by atoms with Crippen LogP contribution in [0, 0.1) is 11.8 Å². The van der Waals surface area contributed by atoms with Crippen molar-refractivity contribution in [2.75, 3.05) is 20.3 Å². The van der Waals surface area contributed by atoms with Crippen LogP contribution in [0.5, 0.6) is 0 Å². The molecule has 172 valence electrons. The smallest absolute Gasteiger partial charge is 0.410 e. The second-order valence-electron chi connectivity index (χ2n) is 8.68. The lowest BCUT2D eigenvalue weighted by Gasteiger charge is -2.28. The summed E-state index contributed by atoms with van der Waals surface area (Å²) in [7, 11) is 1.65. The topological polar surface area (TPSA) is 55.8 Å². The first-order valence-electron chi connectivity index (χ1n) is 11.9. The average molecular weight is 414 g/mol. The van der Waals surface area contributed by atoms with Gasteiger partial charge in [-0.15, -0.1) is 0 Å². The van der Waals surface area contributed by atoms with Crippen molar-refractivity contribution in [3.05, 3.63) is 0 Å². The van der Waals surface area contributed by atoms with Gasteiger partial charge in [0.25, 0.3) is 0 Å². The van der Waals surface area contributed by atoms with Gasteiger partial charge in [-0.05, 0) is 31.1 Å². The third-order valence-electron chi connectivity index (χ3n) is 5.45. The first-order valence-corrected chi connectivity index (χ1v) is 11.9. The highest BCUT2D eigenvalue weighted by Crippen LogP contribution is 2.17. The average Bonchev–Trinajstić information content (AvgIpc) is 2.70. The molecule has 0 aliphatic heterocycles. The molecule has 5 heteroatoms. The number of unbranched alkanes of at least 4 members (excludes halogenated alkanes) is 6. The van der Waals surface area contributed by atoms with E-state index in [0.717, 1.165) is 38.5 Å². The predicted molar refractivity (Wildman–Crippen MR) is 120 cm³/mol. The van der Waals surface area contributed by atoms with Crippen LogP contribution < -0.4 is 0 Å². The van der Waals surface area contributed by atoms with Gasteiger partial charge in [0.15, 0.2) is 0 Å². The summed E-state index contributed by atoms with van der Waals surface area (Å²) in [6.45, 7) is 11.4. The summed E-state index contributed by atoms with van der Waals surface area (Å²) in [5.74, 6) is 0.352. The number of likely N-dealkylation sites (N-methyl/N-ethyl adjacent to an activating group) is 1. The molecule has 0 heterocycles. The van der Waals surface area contributed by atoms with Gasteiger partial charge in [0, 0.05) is 7.05 Å². The summed E-state index contributed by atoms with van der Waals surface area (Å²) in [6, 6.07) is -0.585. The molecule has 5 nitrogen and oxygen atoms in total. The highest BCUT2D eigenvalue weighted by atomic mass is 16.6. The lowest BCUT2D eigenvalue weighted by molar-refractivity contribution is -0.149. The largest absolute Gasteiger partial charge is 0.464 e. The fourth-order valence-electron chi connectivity index (χ4n) is 3.33. The molecule has 2 atom stereocenters. The van der Waals surface area contributed by atoms with Gasteiger partial charge in [0.05, 0.1) is 13.2 Å². The molecule has 0 spiro atoms. The summed E-state index contributed by atoms with van der Waals surface area (Å²) in [4.78, 5) is 26.6. The van der Waals surface area contributed by atoms with E-state index < -0.39 is 12.1 Å². The van der Waals surface area contributed by atoms with E-state index in [1.54, 1.807) is 7.05 Å². The number of nitrogens with zero attached hydrogens (tertiary/aromatic N) is 1. The monoisotopic (exact) mass is 413 g/mol. The van der Waals surface area contributed by atoms with Crippen molar-refractivity contribution >= 4 is 12.1 Å². The second-order valence-corrected chi connectivity index (χ2v) is 8.68. The lowest BCUT2D eigenvalue weighted by Crippen LogP contribution is -2.44. The quantitative estimate of drug-likeness (QED) is 0.199. The van der Waals surface area contributed by atoms with Gasteiger partial charge in [0.1, 0.15) is 6.04 Å². The molecule has 0 aromatic rings. The summed E-state index contributed by atoms with van der Waals surface area (Å²) < 4.78 is 11.0. The van der Waals surface area contributed by atoms with Crippen LogP contribution in [0.15, 0.2) is 0 Å². The molecule has 0 aromatic carbocycles. The third-order valence-corrected chi connectivity index (χ3v) is 5.45. The molecule has 0 fully saturated rings. The zero-order chi connectivity index (χ0) is 22.1. The molecule has 0 saturated carbocycles. The molecule has 0 aliphatic carbocycles. The SMILES string of the molecule is CCCCCCCCOC(=O)C(CC(C)C)N(C)C(=O)OCC(CC)CCCC. The molecule has 0 rings (SSSR count). The number of carbonyl (C=O) groups is 2.